The number of ketones is 1. The van der Waals surface area contributed by atoms with Crippen LogP contribution in [0.15, 0.2) is 59.9 Å². The highest BCUT2D eigenvalue weighted by Gasteiger charge is 2.43. The van der Waals surface area contributed by atoms with Crippen molar-refractivity contribution in [3.8, 4) is 5.75 Å². The molecule has 0 radical (unpaired) electrons. The fourth-order valence-electron chi connectivity index (χ4n) is 3.50. The molecule has 27 heavy (non-hydrogen) atoms. The van der Waals surface area contributed by atoms with Gasteiger partial charge in [0.2, 0.25) is 0 Å². The Labute approximate surface area is 158 Å². The molecular weight excluding hydrogens is 342 g/mol. The molecule has 0 bridgehead atoms. The molecule has 1 heterocycles. The SMILES string of the molecule is CCC(=O)C1=C(O)C(=O)N(Cc2ccccc2OC)C1c1cccc(C)c1. The first kappa shape index (κ1) is 18.7. The highest BCUT2D eigenvalue weighted by atomic mass is 16.5. The molecule has 1 aliphatic heterocycles. The van der Waals surface area contributed by atoms with Gasteiger partial charge in [0.05, 0.1) is 25.3 Å². The Bertz CT molecular complexity index is 916. The number of ether oxygens (including phenoxy) is 1. The molecule has 0 fully saturated rings. The zero-order valence-corrected chi connectivity index (χ0v) is 15.7. The van der Waals surface area contributed by atoms with Crippen LogP contribution in [-0.4, -0.2) is 28.8 Å². The van der Waals surface area contributed by atoms with E-state index in [2.05, 4.69) is 0 Å². The van der Waals surface area contributed by atoms with E-state index in [-0.39, 0.29) is 24.3 Å². The lowest BCUT2D eigenvalue weighted by Gasteiger charge is -2.27. The normalized spacial score (nSPS) is 16.8. The van der Waals surface area contributed by atoms with E-state index in [4.69, 9.17) is 4.74 Å². The van der Waals surface area contributed by atoms with E-state index in [9.17, 15) is 14.7 Å². The topological polar surface area (TPSA) is 66.8 Å². The van der Waals surface area contributed by atoms with E-state index in [0.717, 1.165) is 16.7 Å². The average Bonchev–Trinajstić information content (AvgIpc) is 2.92. The summed E-state index contributed by atoms with van der Waals surface area (Å²) >= 11 is 0. The molecule has 1 atom stereocenters. The summed E-state index contributed by atoms with van der Waals surface area (Å²) in [5.41, 5.74) is 2.80. The molecule has 1 amide bonds. The Morgan fingerprint density at radius 3 is 2.59 bits per heavy atom. The van der Waals surface area contributed by atoms with Crippen LogP contribution in [0.25, 0.3) is 0 Å². The Balaban J connectivity index is 2.09. The number of aliphatic hydroxyl groups excluding tert-OH is 1. The summed E-state index contributed by atoms with van der Waals surface area (Å²) in [5, 5.41) is 10.5. The summed E-state index contributed by atoms with van der Waals surface area (Å²) in [4.78, 5) is 26.9. The largest absolute Gasteiger partial charge is 0.503 e. The number of para-hydroxylation sites is 1. The van der Waals surface area contributed by atoms with Crippen molar-refractivity contribution in [1.82, 2.24) is 4.90 Å². The molecular formula is C22H23NO4. The summed E-state index contributed by atoms with van der Waals surface area (Å²) < 4.78 is 5.39. The minimum atomic E-state index is -0.616. The number of aryl methyl sites for hydroxylation is 1. The zero-order chi connectivity index (χ0) is 19.6. The average molecular weight is 365 g/mol. The smallest absolute Gasteiger partial charge is 0.290 e. The number of carbonyl (C=O) groups excluding carboxylic acids is 2. The quantitative estimate of drug-likeness (QED) is 0.844. The first-order chi connectivity index (χ1) is 13.0. The van der Waals surface area contributed by atoms with Crippen LogP contribution in [-0.2, 0) is 16.1 Å². The van der Waals surface area contributed by atoms with Gasteiger partial charge in [-0.3, -0.25) is 9.59 Å². The first-order valence-corrected chi connectivity index (χ1v) is 8.93. The minimum absolute atomic E-state index is 0.169. The van der Waals surface area contributed by atoms with Gasteiger partial charge in [-0.2, -0.15) is 0 Å². The number of hydrogen-bond donors (Lipinski definition) is 1. The Kier molecular flexibility index (Phi) is 5.31. The van der Waals surface area contributed by atoms with Gasteiger partial charge in [0.25, 0.3) is 5.91 Å². The van der Waals surface area contributed by atoms with Crippen LogP contribution < -0.4 is 4.74 Å². The van der Waals surface area contributed by atoms with Crippen molar-refractivity contribution in [2.45, 2.75) is 32.9 Å². The summed E-state index contributed by atoms with van der Waals surface area (Å²) in [7, 11) is 1.57. The van der Waals surface area contributed by atoms with Crippen LogP contribution in [0.4, 0.5) is 0 Å². The maximum Gasteiger partial charge on any atom is 0.290 e. The van der Waals surface area contributed by atoms with Gasteiger partial charge in [-0.25, -0.2) is 0 Å². The number of benzene rings is 2. The third-order valence-electron chi connectivity index (χ3n) is 4.82. The van der Waals surface area contributed by atoms with Crippen LogP contribution in [0.1, 0.15) is 36.1 Å². The van der Waals surface area contributed by atoms with Gasteiger partial charge >= 0.3 is 0 Å². The van der Waals surface area contributed by atoms with Crippen LogP contribution in [0.2, 0.25) is 0 Å². The lowest BCUT2D eigenvalue weighted by atomic mass is 9.94. The number of amides is 1. The van der Waals surface area contributed by atoms with E-state index in [1.807, 2.05) is 55.5 Å². The molecule has 140 valence electrons. The zero-order valence-electron chi connectivity index (χ0n) is 15.7. The minimum Gasteiger partial charge on any atom is -0.503 e. The number of Topliss-reactive ketones (excluding diaryl/α,β-unsaturated/α-hetero) is 1. The number of methoxy groups -OCH3 is 1. The van der Waals surface area contributed by atoms with Crippen molar-refractivity contribution in [3.05, 3.63) is 76.6 Å². The maximum absolute atomic E-state index is 12.8. The molecule has 2 aromatic rings. The summed E-state index contributed by atoms with van der Waals surface area (Å²) in [5.74, 6) is -0.564. The van der Waals surface area contributed by atoms with E-state index in [0.29, 0.717) is 5.75 Å². The fourth-order valence-corrected chi connectivity index (χ4v) is 3.50. The van der Waals surface area contributed by atoms with Crippen LogP contribution in [0.3, 0.4) is 0 Å². The lowest BCUT2D eigenvalue weighted by molar-refractivity contribution is -0.130. The van der Waals surface area contributed by atoms with Crippen molar-refractivity contribution in [2.75, 3.05) is 7.11 Å². The molecule has 1 aliphatic rings. The van der Waals surface area contributed by atoms with E-state index < -0.39 is 17.7 Å². The molecule has 1 unspecified atom stereocenters. The molecule has 5 nitrogen and oxygen atoms in total. The molecule has 0 saturated carbocycles. The van der Waals surface area contributed by atoms with E-state index in [1.54, 1.807) is 14.0 Å². The molecule has 5 heteroatoms. The predicted molar refractivity (Wildman–Crippen MR) is 102 cm³/mol. The number of carbonyl (C=O) groups is 2. The maximum atomic E-state index is 12.8. The third kappa shape index (κ3) is 3.45. The van der Waals surface area contributed by atoms with Crippen LogP contribution in [0, 0.1) is 6.92 Å². The molecule has 0 saturated heterocycles. The number of nitrogens with zero attached hydrogens (tertiary/aromatic N) is 1. The summed E-state index contributed by atoms with van der Waals surface area (Å²) in [6.07, 6.45) is 0.220. The molecule has 1 N–H and O–H groups in total. The van der Waals surface area contributed by atoms with Crippen LogP contribution in [0.5, 0.6) is 5.75 Å². The Morgan fingerprint density at radius 1 is 1.19 bits per heavy atom. The second-order valence-electron chi connectivity index (χ2n) is 6.60. The number of hydrogen-bond acceptors (Lipinski definition) is 4. The summed E-state index contributed by atoms with van der Waals surface area (Å²) in [6.45, 7) is 3.91. The van der Waals surface area contributed by atoms with Gasteiger partial charge in [-0.05, 0) is 18.6 Å². The lowest BCUT2D eigenvalue weighted by Crippen LogP contribution is -2.30. The first-order valence-electron chi connectivity index (χ1n) is 8.93. The van der Waals surface area contributed by atoms with Crippen molar-refractivity contribution in [2.24, 2.45) is 0 Å². The van der Waals surface area contributed by atoms with E-state index in [1.165, 1.54) is 4.90 Å². The molecule has 0 aromatic heterocycles. The van der Waals surface area contributed by atoms with Gasteiger partial charge in [0.1, 0.15) is 5.75 Å². The van der Waals surface area contributed by atoms with E-state index >= 15 is 0 Å². The van der Waals surface area contributed by atoms with Crippen molar-refractivity contribution in [3.63, 3.8) is 0 Å². The van der Waals surface area contributed by atoms with Crippen molar-refractivity contribution in [1.29, 1.82) is 0 Å². The van der Waals surface area contributed by atoms with Gasteiger partial charge < -0.3 is 14.7 Å². The highest BCUT2D eigenvalue weighted by molar-refractivity contribution is 6.08. The predicted octanol–water partition coefficient (Wildman–Crippen LogP) is 3.88. The monoisotopic (exact) mass is 365 g/mol. The van der Waals surface area contributed by atoms with Crippen molar-refractivity contribution < 1.29 is 19.4 Å². The van der Waals surface area contributed by atoms with Gasteiger partial charge in [-0.1, -0.05) is 55.0 Å². The Hall–Kier alpha value is -3.08. The Morgan fingerprint density at radius 2 is 1.93 bits per heavy atom. The number of rotatable bonds is 6. The van der Waals surface area contributed by atoms with Gasteiger partial charge in [0, 0.05) is 12.0 Å². The summed E-state index contributed by atoms with van der Waals surface area (Å²) in [6, 6.07) is 14.5. The molecule has 0 aliphatic carbocycles. The van der Waals surface area contributed by atoms with Gasteiger partial charge in [0.15, 0.2) is 11.5 Å². The fraction of sp³-hybridized carbons (Fsp3) is 0.273. The third-order valence-corrected chi connectivity index (χ3v) is 4.82. The number of aliphatic hydroxyl groups is 1. The molecule has 0 spiro atoms. The van der Waals surface area contributed by atoms with Crippen molar-refractivity contribution >= 4 is 11.7 Å². The second kappa shape index (κ2) is 7.66. The highest BCUT2D eigenvalue weighted by Crippen LogP contribution is 2.40. The second-order valence-corrected chi connectivity index (χ2v) is 6.60. The molecule has 2 aromatic carbocycles. The van der Waals surface area contributed by atoms with Crippen LogP contribution >= 0.6 is 0 Å². The van der Waals surface area contributed by atoms with Gasteiger partial charge in [-0.15, -0.1) is 0 Å². The molecule has 3 rings (SSSR count). The standard InChI is InChI=1S/C22H23NO4/c1-4-17(24)19-20(15-10-7-8-14(2)12-15)23(22(26)21(19)25)13-16-9-5-6-11-18(16)27-3/h5-12,20,25H,4,13H2,1-3H3.